The van der Waals surface area contributed by atoms with Crippen molar-refractivity contribution in [3.05, 3.63) is 12.4 Å². The van der Waals surface area contributed by atoms with Gasteiger partial charge in [0.1, 0.15) is 0 Å². The van der Waals surface area contributed by atoms with Crippen molar-refractivity contribution < 1.29 is 0 Å². The van der Waals surface area contributed by atoms with E-state index < -0.39 is 0 Å². The van der Waals surface area contributed by atoms with Gasteiger partial charge >= 0.3 is 0 Å². The smallest absolute Gasteiger partial charge is 0.0726 e. The Morgan fingerprint density at radius 1 is 1.20 bits per heavy atom. The summed E-state index contributed by atoms with van der Waals surface area (Å²) in [4.78, 5) is 0. The maximum absolute atomic E-state index is 4.34. The zero-order chi connectivity index (χ0) is 11.7. The Morgan fingerprint density at radius 2 is 1.80 bits per heavy atom. The highest BCUT2D eigenvalue weighted by Crippen LogP contribution is 2.18. The second-order valence-corrected chi connectivity index (χ2v) is 6.26. The Hall–Kier alpha value is -0.990. The van der Waals surface area contributed by atoms with E-state index in [4.69, 9.17) is 0 Å². The largest absolute Gasteiger partial charge is 0.382 e. The van der Waals surface area contributed by atoms with Gasteiger partial charge in [0.15, 0.2) is 0 Å². The van der Waals surface area contributed by atoms with Crippen LogP contribution in [0.15, 0.2) is 12.4 Å². The summed E-state index contributed by atoms with van der Waals surface area (Å²) >= 11 is 0. The number of anilines is 1. The zero-order valence-electron chi connectivity index (χ0n) is 10.8. The molecule has 86 valence electrons. The number of rotatable bonds is 2. The van der Waals surface area contributed by atoms with Crippen molar-refractivity contribution in [2.75, 3.05) is 11.9 Å². The molecule has 0 aromatic carbocycles. The standard InChI is InChI=1S/C12H23N3/c1-11(2,3)9-13-10-7-14-15(8-10)12(4,5)6/h7-8,13H,9H2,1-6H3. The molecule has 1 N–H and O–H groups in total. The van der Waals surface area contributed by atoms with Crippen molar-refractivity contribution in [3.8, 4) is 0 Å². The van der Waals surface area contributed by atoms with Gasteiger partial charge in [-0.15, -0.1) is 0 Å². The molecule has 0 amide bonds. The Labute approximate surface area is 92.9 Å². The molecule has 0 aliphatic carbocycles. The second kappa shape index (κ2) is 3.87. The maximum Gasteiger partial charge on any atom is 0.0726 e. The third kappa shape index (κ3) is 3.94. The predicted molar refractivity (Wildman–Crippen MR) is 65.2 cm³/mol. The molecule has 0 spiro atoms. The molecule has 0 fully saturated rings. The maximum atomic E-state index is 4.34. The molecular weight excluding hydrogens is 186 g/mol. The Bertz CT molecular complexity index is 312. The van der Waals surface area contributed by atoms with Gasteiger partial charge in [-0.05, 0) is 26.2 Å². The fourth-order valence-corrected chi connectivity index (χ4v) is 1.15. The number of nitrogens with one attached hydrogen (secondary N) is 1. The monoisotopic (exact) mass is 209 g/mol. The van der Waals surface area contributed by atoms with Crippen molar-refractivity contribution in [1.82, 2.24) is 9.78 Å². The van der Waals surface area contributed by atoms with E-state index >= 15 is 0 Å². The summed E-state index contributed by atoms with van der Waals surface area (Å²) < 4.78 is 1.98. The van der Waals surface area contributed by atoms with E-state index in [2.05, 4.69) is 58.2 Å². The lowest BCUT2D eigenvalue weighted by Gasteiger charge is -2.20. The van der Waals surface area contributed by atoms with Crippen molar-refractivity contribution in [2.24, 2.45) is 5.41 Å². The molecular formula is C12H23N3. The highest BCUT2D eigenvalue weighted by atomic mass is 15.3. The molecule has 0 atom stereocenters. The molecule has 0 bridgehead atoms. The van der Waals surface area contributed by atoms with Gasteiger partial charge in [-0.2, -0.15) is 5.10 Å². The second-order valence-electron chi connectivity index (χ2n) is 6.26. The van der Waals surface area contributed by atoms with Gasteiger partial charge in [0.25, 0.3) is 0 Å². The van der Waals surface area contributed by atoms with Gasteiger partial charge < -0.3 is 5.32 Å². The fourth-order valence-electron chi connectivity index (χ4n) is 1.15. The third-order valence-corrected chi connectivity index (χ3v) is 2.09. The molecule has 0 saturated carbocycles. The first-order valence-corrected chi connectivity index (χ1v) is 5.47. The van der Waals surface area contributed by atoms with E-state index in [0.29, 0.717) is 5.41 Å². The van der Waals surface area contributed by atoms with Crippen LogP contribution in [0.25, 0.3) is 0 Å². The van der Waals surface area contributed by atoms with Crippen LogP contribution in [-0.2, 0) is 5.54 Å². The average Bonchev–Trinajstić information content (AvgIpc) is 2.45. The van der Waals surface area contributed by atoms with Gasteiger partial charge in [0.05, 0.1) is 17.4 Å². The van der Waals surface area contributed by atoms with E-state index in [1.165, 1.54) is 0 Å². The fraction of sp³-hybridized carbons (Fsp3) is 0.750. The molecule has 1 aromatic heterocycles. The molecule has 0 aliphatic heterocycles. The summed E-state index contributed by atoms with van der Waals surface area (Å²) in [7, 11) is 0. The van der Waals surface area contributed by atoms with Crippen LogP contribution in [-0.4, -0.2) is 16.3 Å². The number of nitrogens with zero attached hydrogens (tertiary/aromatic N) is 2. The lowest BCUT2D eigenvalue weighted by atomic mass is 9.97. The molecule has 15 heavy (non-hydrogen) atoms. The number of hydrogen-bond donors (Lipinski definition) is 1. The van der Waals surface area contributed by atoms with Gasteiger partial charge in [-0.3, -0.25) is 4.68 Å². The zero-order valence-corrected chi connectivity index (χ0v) is 10.8. The molecule has 0 unspecified atom stereocenters. The van der Waals surface area contributed by atoms with Crippen LogP contribution >= 0.6 is 0 Å². The van der Waals surface area contributed by atoms with Crippen molar-refractivity contribution in [1.29, 1.82) is 0 Å². The molecule has 0 saturated heterocycles. The first kappa shape index (κ1) is 12.1. The predicted octanol–water partition coefficient (Wildman–Crippen LogP) is 3.10. The van der Waals surface area contributed by atoms with Gasteiger partial charge in [0.2, 0.25) is 0 Å². The lowest BCUT2D eigenvalue weighted by molar-refractivity contribution is 0.355. The van der Waals surface area contributed by atoms with E-state index in [0.717, 1.165) is 12.2 Å². The first-order chi connectivity index (χ1) is 6.68. The summed E-state index contributed by atoms with van der Waals surface area (Å²) in [6.45, 7) is 14.0. The Morgan fingerprint density at radius 3 is 2.20 bits per heavy atom. The van der Waals surface area contributed by atoms with Crippen LogP contribution in [0.3, 0.4) is 0 Å². The van der Waals surface area contributed by atoms with Crippen LogP contribution in [0.1, 0.15) is 41.5 Å². The van der Waals surface area contributed by atoms with E-state index in [9.17, 15) is 0 Å². The van der Waals surface area contributed by atoms with Crippen LogP contribution < -0.4 is 5.32 Å². The normalized spacial score (nSPS) is 12.9. The SMILES string of the molecule is CC(C)(C)CNc1cnn(C(C)(C)C)c1. The molecule has 1 heterocycles. The summed E-state index contributed by atoms with van der Waals surface area (Å²) in [5.41, 5.74) is 1.45. The van der Waals surface area contributed by atoms with Crippen molar-refractivity contribution >= 4 is 5.69 Å². The van der Waals surface area contributed by atoms with Gasteiger partial charge in [-0.1, -0.05) is 20.8 Å². The summed E-state index contributed by atoms with van der Waals surface area (Å²) in [6, 6.07) is 0. The van der Waals surface area contributed by atoms with Crippen molar-refractivity contribution in [2.45, 2.75) is 47.1 Å². The topological polar surface area (TPSA) is 29.9 Å². The number of aromatic nitrogens is 2. The minimum atomic E-state index is 0.0572. The van der Waals surface area contributed by atoms with E-state index in [1.807, 2.05) is 10.9 Å². The Balaban J connectivity index is 2.62. The summed E-state index contributed by atoms with van der Waals surface area (Å²) in [5, 5.41) is 7.74. The average molecular weight is 209 g/mol. The number of hydrogen-bond acceptors (Lipinski definition) is 2. The highest BCUT2D eigenvalue weighted by Gasteiger charge is 2.15. The Kier molecular flexibility index (Phi) is 3.12. The molecule has 1 aromatic rings. The minimum Gasteiger partial charge on any atom is -0.382 e. The molecule has 3 heteroatoms. The third-order valence-electron chi connectivity index (χ3n) is 2.09. The first-order valence-electron chi connectivity index (χ1n) is 5.47. The molecule has 3 nitrogen and oxygen atoms in total. The van der Waals surface area contributed by atoms with E-state index in [1.54, 1.807) is 0 Å². The molecule has 0 aliphatic rings. The summed E-state index contributed by atoms with van der Waals surface area (Å²) in [5.74, 6) is 0. The van der Waals surface area contributed by atoms with Crippen LogP contribution in [0.4, 0.5) is 5.69 Å². The summed E-state index contributed by atoms with van der Waals surface area (Å²) in [6.07, 6.45) is 3.95. The van der Waals surface area contributed by atoms with Crippen molar-refractivity contribution in [3.63, 3.8) is 0 Å². The van der Waals surface area contributed by atoms with Crippen LogP contribution in [0.2, 0.25) is 0 Å². The lowest BCUT2D eigenvalue weighted by Crippen LogP contribution is -2.22. The minimum absolute atomic E-state index is 0.0572. The van der Waals surface area contributed by atoms with E-state index in [-0.39, 0.29) is 5.54 Å². The van der Waals surface area contributed by atoms with Crippen LogP contribution in [0.5, 0.6) is 0 Å². The van der Waals surface area contributed by atoms with Gasteiger partial charge in [0, 0.05) is 12.7 Å². The molecule has 1 rings (SSSR count). The molecule has 0 radical (unpaired) electrons. The van der Waals surface area contributed by atoms with Crippen LogP contribution in [0, 0.1) is 5.41 Å². The quantitative estimate of drug-likeness (QED) is 0.811. The van der Waals surface area contributed by atoms with Gasteiger partial charge in [-0.25, -0.2) is 0 Å². The highest BCUT2D eigenvalue weighted by molar-refractivity contribution is 5.38.